The number of nitrogens with zero attached hydrogens (tertiary/aromatic N) is 3. The molecule has 5 nitrogen and oxygen atoms in total. The molecule has 1 aromatic rings. The van der Waals surface area contributed by atoms with Crippen LogP contribution in [0.2, 0.25) is 0 Å². The molecule has 0 aliphatic carbocycles. The molecule has 1 atom stereocenters. The highest BCUT2D eigenvalue weighted by molar-refractivity contribution is 7.09. The van der Waals surface area contributed by atoms with E-state index in [0.29, 0.717) is 13.2 Å². The Kier molecular flexibility index (Phi) is 4.09. The molecule has 0 saturated carbocycles. The van der Waals surface area contributed by atoms with E-state index in [0.717, 1.165) is 36.9 Å². The second-order valence-corrected chi connectivity index (χ2v) is 4.63. The lowest BCUT2D eigenvalue weighted by Crippen LogP contribution is -2.49. The van der Waals surface area contributed by atoms with Crippen LogP contribution in [0.4, 0.5) is 5.13 Å². The normalized spacial score (nSPS) is 21.4. The fourth-order valence-electron chi connectivity index (χ4n) is 1.79. The van der Waals surface area contributed by atoms with Gasteiger partial charge in [-0.25, -0.2) is 4.98 Å². The number of rotatable bonds is 4. The lowest BCUT2D eigenvalue weighted by atomic mass is 10.2. The number of ether oxygens (including phenoxy) is 1. The van der Waals surface area contributed by atoms with Gasteiger partial charge in [0.1, 0.15) is 5.82 Å². The average Bonchev–Trinajstić information content (AvgIpc) is 2.78. The first kappa shape index (κ1) is 11.8. The smallest absolute Gasteiger partial charge is 0.205 e. The Labute approximate surface area is 99.8 Å². The summed E-state index contributed by atoms with van der Waals surface area (Å²) in [5.74, 6) is 0.949. The second kappa shape index (κ2) is 5.56. The fourth-order valence-corrected chi connectivity index (χ4v) is 2.60. The highest BCUT2D eigenvalue weighted by atomic mass is 32.1. The zero-order valence-corrected chi connectivity index (χ0v) is 10.4. The van der Waals surface area contributed by atoms with Gasteiger partial charge in [-0.2, -0.15) is 4.37 Å². The van der Waals surface area contributed by atoms with E-state index in [1.807, 2.05) is 0 Å². The number of anilines is 1. The molecular weight excluding hydrogens is 224 g/mol. The van der Waals surface area contributed by atoms with Crippen molar-refractivity contribution in [1.29, 1.82) is 0 Å². The van der Waals surface area contributed by atoms with Crippen LogP contribution in [0.1, 0.15) is 19.2 Å². The van der Waals surface area contributed by atoms with Gasteiger partial charge >= 0.3 is 0 Å². The van der Waals surface area contributed by atoms with Crippen molar-refractivity contribution < 1.29 is 4.74 Å². The number of hydrogen-bond acceptors (Lipinski definition) is 6. The van der Waals surface area contributed by atoms with Crippen LogP contribution in [-0.2, 0) is 11.2 Å². The van der Waals surface area contributed by atoms with Crippen LogP contribution in [0.25, 0.3) is 0 Å². The summed E-state index contributed by atoms with van der Waals surface area (Å²) >= 11 is 1.47. The zero-order valence-electron chi connectivity index (χ0n) is 9.56. The van der Waals surface area contributed by atoms with Crippen LogP contribution < -0.4 is 10.6 Å². The Morgan fingerprint density at radius 3 is 3.25 bits per heavy atom. The minimum Gasteiger partial charge on any atom is -0.377 e. The van der Waals surface area contributed by atoms with Gasteiger partial charge in [-0.1, -0.05) is 6.92 Å². The van der Waals surface area contributed by atoms with Gasteiger partial charge in [-0.3, -0.25) is 0 Å². The molecule has 0 bridgehead atoms. The Balaban J connectivity index is 2.08. The number of aromatic nitrogens is 2. The third-order valence-corrected chi connectivity index (χ3v) is 3.47. The predicted octanol–water partition coefficient (Wildman–Crippen LogP) is 0.655. The molecule has 0 amide bonds. The number of aryl methyl sites for hydroxylation is 1. The lowest BCUT2D eigenvalue weighted by Gasteiger charge is -2.34. The number of hydrogen-bond donors (Lipinski definition) is 1. The minimum absolute atomic E-state index is 0.246. The first-order valence-corrected chi connectivity index (χ1v) is 6.49. The molecule has 1 aliphatic rings. The molecule has 1 saturated heterocycles. The van der Waals surface area contributed by atoms with E-state index < -0.39 is 0 Å². The Bertz CT molecular complexity index is 330. The van der Waals surface area contributed by atoms with Crippen LogP contribution in [-0.4, -0.2) is 41.7 Å². The third kappa shape index (κ3) is 2.50. The van der Waals surface area contributed by atoms with Crippen molar-refractivity contribution in [2.75, 3.05) is 31.2 Å². The molecule has 90 valence electrons. The SMILES string of the molecule is CCCc1nsc(N2CCOCC2CN)n1. The van der Waals surface area contributed by atoms with Crippen molar-refractivity contribution in [3.63, 3.8) is 0 Å². The Morgan fingerprint density at radius 2 is 2.50 bits per heavy atom. The molecule has 0 radical (unpaired) electrons. The molecule has 6 heteroatoms. The molecule has 2 heterocycles. The molecule has 0 spiro atoms. The second-order valence-electron chi connectivity index (χ2n) is 3.90. The molecule has 1 aliphatic heterocycles. The van der Waals surface area contributed by atoms with Crippen molar-refractivity contribution in [2.24, 2.45) is 5.73 Å². The molecule has 1 unspecified atom stereocenters. The van der Waals surface area contributed by atoms with Crippen LogP contribution in [0.5, 0.6) is 0 Å². The summed E-state index contributed by atoms with van der Waals surface area (Å²) in [6, 6.07) is 0.246. The van der Waals surface area contributed by atoms with E-state index in [9.17, 15) is 0 Å². The summed E-state index contributed by atoms with van der Waals surface area (Å²) in [6.45, 7) is 5.04. The Hall–Kier alpha value is -0.720. The summed E-state index contributed by atoms with van der Waals surface area (Å²) in [6.07, 6.45) is 2.04. The summed E-state index contributed by atoms with van der Waals surface area (Å²) < 4.78 is 9.77. The van der Waals surface area contributed by atoms with Gasteiger partial charge in [0.25, 0.3) is 0 Å². The Morgan fingerprint density at radius 1 is 1.62 bits per heavy atom. The molecule has 0 aromatic carbocycles. The molecular formula is C10H18N4OS. The van der Waals surface area contributed by atoms with Gasteiger partial charge in [-0.15, -0.1) is 0 Å². The molecule has 16 heavy (non-hydrogen) atoms. The maximum Gasteiger partial charge on any atom is 0.205 e. The highest BCUT2D eigenvalue weighted by Crippen LogP contribution is 2.21. The maximum absolute atomic E-state index is 5.73. The van der Waals surface area contributed by atoms with E-state index in [2.05, 4.69) is 21.2 Å². The molecule has 2 rings (SSSR count). The van der Waals surface area contributed by atoms with Gasteiger partial charge < -0.3 is 15.4 Å². The summed E-state index contributed by atoms with van der Waals surface area (Å²) in [5.41, 5.74) is 5.73. The molecule has 1 fully saturated rings. The van der Waals surface area contributed by atoms with Crippen molar-refractivity contribution in [2.45, 2.75) is 25.8 Å². The van der Waals surface area contributed by atoms with Gasteiger partial charge in [0.05, 0.1) is 19.3 Å². The highest BCUT2D eigenvalue weighted by Gasteiger charge is 2.24. The van der Waals surface area contributed by atoms with Gasteiger partial charge in [-0.05, 0) is 6.42 Å². The third-order valence-electron chi connectivity index (χ3n) is 2.68. The first-order chi connectivity index (χ1) is 7.85. The maximum atomic E-state index is 5.73. The van der Waals surface area contributed by atoms with Gasteiger partial charge in [0.15, 0.2) is 0 Å². The van der Waals surface area contributed by atoms with Crippen LogP contribution in [0.3, 0.4) is 0 Å². The van der Waals surface area contributed by atoms with E-state index in [1.165, 1.54) is 11.5 Å². The van der Waals surface area contributed by atoms with Crippen molar-refractivity contribution in [1.82, 2.24) is 9.36 Å². The quantitative estimate of drug-likeness (QED) is 0.840. The van der Waals surface area contributed by atoms with Gasteiger partial charge in [0.2, 0.25) is 5.13 Å². The van der Waals surface area contributed by atoms with Gasteiger partial charge in [0, 0.05) is 31.0 Å². The number of morpholine rings is 1. The van der Waals surface area contributed by atoms with Crippen molar-refractivity contribution in [3.8, 4) is 0 Å². The molecule has 2 N–H and O–H groups in total. The number of nitrogens with two attached hydrogens (primary N) is 1. The molecule has 1 aromatic heterocycles. The minimum atomic E-state index is 0.246. The largest absolute Gasteiger partial charge is 0.377 e. The van der Waals surface area contributed by atoms with Crippen molar-refractivity contribution >= 4 is 16.7 Å². The van der Waals surface area contributed by atoms with Crippen LogP contribution in [0.15, 0.2) is 0 Å². The van der Waals surface area contributed by atoms with Crippen LogP contribution >= 0.6 is 11.5 Å². The van der Waals surface area contributed by atoms with Crippen molar-refractivity contribution in [3.05, 3.63) is 5.82 Å². The summed E-state index contributed by atoms with van der Waals surface area (Å²) in [5, 5.41) is 0.988. The topological polar surface area (TPSA) is 64.3 Å². The monoisotopic (exact) mass is 242 g/mol. The average molecular weight is 242 g/mol. The van der Waals surface area contributed by atoms with E-state index in [-0.39, 0.29) is 6.04 Å². The summed E-state index contributed by atoms with van der Waals surface area (Å²) in [7, 11) is 0. The lowest BCUT2D eigenvalue weighted by molar-refractivity contribution is 0.0962. The van der Waals surface area contributed by atoms with E-state index in [4.69, 9.17) is 10.5 Å². The summed E-state index contributed by atoms with van der Waals surface area (Å²) in [4.78, 5) is 6.77. The fraction of sp³-hybridized carbons (Fsp3) is 0.800. The zero-order chi connectivity index (χ0) is 11.4. The van der Waals surface area contributed by atoms with E-state index >= 15 is 0 Å². The van der Waals surface area contributed by atoms with Crippen LogP contribution in [0, 0.1) is 0 Å². The predicted molar refractivity (Wildman–Crippen MR) is 64.9 cm³/mol. The van der Waals surface area contributed by atoms with E-state index in [1.54, 1.807) is 0 Å². The first-order valence-electron chi connectivity index (χ1n) is 5.72. The standard InChI is InChI=1S/C10H18N4OS/c1-2-3-9-12-10(16-13-9)14-4-5-15-7-8(14)6-11/h8H,2-7,11H2,1H3.